The summed E-state index contributed by atoms with van der Waals surface area (Å²) in [7, 11) is 0. The molecule has 2 atom stereocenters. The van der Waals surface area contributed by atoms with E-state index in [4.69, 9.17) is 11.5 Å². The molecule has 0 spiro atoms. The first-order valence-electron chi connectivity index (χ1n) is 5.22. The number of aromatic hydroxyl groups is 1. The van der Waals surface area contributed by atoms with Gasteiger partial charge in [-0.1, -0.05) is 0 Å². The van der Waals surface area contributed by atoms with Gasteiger partial charge in [0.25, 0.3) is 0 Å². The third-order valence-electron chi connectivity index (χ3n) is 2.32. The van der Waals surface area contributed by atoms with Crippen molar-refractivity contribution in [2.45, 2.75) is 19.1 Å². The summed E-state index contributed by atoms with van der Waals surface area (Å²) in [6, 6.07) is 0.132. The molecule has 108 valence electrons. The zero-order chi connectivity index (χ0) is 13.9. The predicted octanol–water partition coefficient (Wildman–Crippen LogP) is 1.44. The predicted molar refractivity (Wildman–Crippen MR) is 68.2 cm³/mol. The van der Waals surface area contributed by atoms with Crippen molar-refractivity contribution in [1.82, 2.24) is 0 Å². The lowest BCUT2D eigenvalue weighted by Gasteiger charge is -2.17. The average Bonchev–Trinajstić information content (AvgIpc) is 2.32. The van der Waals surface area contributed by atoms with Crippen LogP contribution in [-0.4, -0.2) is 23.9 Å². The van der Waals surface area contributed by atoms with Crippen LogP contribution in [0.4, 0.5) is 14.5 Å². The summed E-state index contributed by atoms with van der Waals surface area (Å²) in [5, 5.41) is 9.56. The zero-order valence-corrected chi connectivity index (χ0v) is 10.9. The topological polar surface area (TPSA) is 98.6 Å². The molecule has 0 saturated heterocycles. The smallest absolute Gasteiger partial charge is 0.342 e. The van der Waals surface area contributed by atoms with E-state index in [1.54, 1.807) is 0 Å². The fourth-order valence-corrected chi connectivity index (χ4v) is 1.42. The molecule has 0 fully saturated rings. The van der Waals surface area contributed by atoms with Gasteiger partial charge in [-0.15, -0.1) is 12.4 Å². The Hall–Kier alpha value is -1.60. The van der Waals surface area contributed by atoms with Crippen LogP contribution in [0.3, 0.4) is 0 Å². The molecule has 1 aromatic rings. The molecule has 0 amide bonds. The lowest BCUT2D eigenvalue weighted by Crippen LogP contribution is -2.31. The van der Waals surface area contributed by atoms with E-state index in [1.165, 1.54) is 6.92 Å². The fraction of sp³-hybridized carbons (Fsp3) is 0.364. The van der Waals surface area contributed by atoms with E-state index in [0.717, 1.165) is 12.1 Å². The Bertz CT molecular complexity index is 460. The van der Waals surface area contributed by atoms with Gasteiger partial charge in [-0.3, -0.25) is 0 Å². The number of benzene rings is 1. The number of esters is 1. The Balaban J connectivity index is 0.00000324. The molecule has 5 nitrogen and oxygen atoms in total. The molecule has 0 bridgehead atoms. The van der Waals surface area contributed by atoms with Gasteiger partial charge in [-0.25, -0.2) is 13.6 Å². The molecule has 0 radical (unpaired) electrons. The Kier molecular flexibility index (Phi) is 6.51. The lowest BCUT2D eigenvalue weighted by molar-refractivity contribution is -0.149. The average molecular weight is 297 g/mol. The minimum Gasteiger partial charge on any atom is -0.505 e. The molecule has 1 rings (SSSR count). The third-order valence-corrected chi connectivity index (χ3v) is 2.32. The minimum atomic E-state index is -2.21. The molecular formula is C11H15ClF2N2O3. The zero-order valence-electron chi connectivity index (χ0n) is 10.1. The largest absolute Gasteiger partial charge is 0.505 e. The van der Waals surface area contributed by atoms with Crippen LogP contribution in [-0.2, 0) is 9.53 Å². The van der Waals surface area contributed by atoms with Crippen molar-refractivity contribution in [3.63, 3.8) is 0 Å². The maximum absolute atomic E-state index is 13.6. The molecule has 8 heteroatoms. The van der Waals surface area contributed by atoms with Crippen molar-refractivity contribution in [1.29, 1.82) is 0 Å². The Morgan fingerprint density at radius 2 is 2.11 bits per heavy atom. The number of anilines is 1. The number of carbonyl (C=O) groups excluding carboxylic acids is 1. The molecule has 0 aliphatic rings. The number of nitrogen functional groups attached to an aromatic ring is 1. The molecule has 0 heterocycles. The van der Waals surface area contributed by atoms with E-state index in [0.29, 0.717) is 0 Å². The van der Waals surface area contributed by atoms with Crippen molar-refractivity contribution in [2.75, 3.05) is 12.3 Å². The molecule has 0 saturated carbocycles. The first kappa shape index (κ1) is 17.4. The number of ether oxygens (including phenoxy) is 1. The molecule has 1 unspecified atom stereocenters. The molecule has 0 aromatic heterocycles. The van der Waals surface area contributed by atoms with Crippen LogP contribution in [0.1, 0.15) is 18.5 Å². The van der Waals surface area contributed by atoms with Gasteiger partial charge in [-0.2, -0.15) is 0 Å². The molecule has 5 N–H and O–H groups in total. The second-order valence-corrected chi connectivity index (χ2v) is 3.61. The SMILES string of the molecule is CCOC(=O)C(F)[C@H](N)c1cc(F)cc(N)c1O.Cl. The second kappa shape index (κ2) is 7.10. The summed E-state index contributed by atoms with van der Waals surface area (Å²) in [5.41, 5.74) is 10.2. The summed E-state index contributed by atoms with van der Waals surface area (Å²) in [6.07, 6.45) is -2.21. The highest BCUT2D eigenvalue weighted by Crippen LogP contribution is 2.32. The summed E-state index contributed by atoms with van der Waals surface area (Å²) in [6.45, 7) is 1.50. The highest BCUT2D eigenvalue weighted by molar-refractivity contribution is 5.85. The van der Waals surface area contributed by atoms with E-state index in [2.05, 4.69) is 4.74 Å². The van der Waals surface area contributed by atoms with Gasteiger partial charge in [0.15, 0.2) is 0 Å². The number of phenols is 1. The molecular weight excluding hydrogens is 282 g/mol. The van der Waals surface area contributed by atoms with Crippen LogP contribution in [0.25, 0.3) is 0 Å². The summed E-state index contributed by atoms with van der Waals surface area (Å²) < 4.78 is 31.2. The number of rotatable bonds is 4. The van der Waals surface area contributed by atoms with Crippen molar-refractivity contribution < 1.29 is 23.4 Å². The number of phenolic OH excluding ortho intramolecular Hbond substituents is 1. The summed E-state index contributed by atoms with van der Waals surface area (Å²) >= 11 is 0. The van der Waals surface area contributed by atoms with Crippen LogP contribution < -0.4 is 11.5 Å². The highest BCUT2D eigenvalue weighted by atomic mass is 35.5. The third kappa shape index (κ3) is 3.93. The van der Waals surface area contributed by atoms with Gasteiger partial charge in [0, 0.05) is 11.6 Å². The second-order valence-electron chi connectivity index (χ2n) is 3.61. The van der Waals surface area contributed by atoms with Crippen molar-refractivity contribution in [2.24, 2.45) is 5.73 Å². The van der Waals surface area contributed by atoms with Gasteiger partial charge in [-0.05, 0) is 13.0 Å². The van der Waals surface area contributed by atoms with Crippen molar-refractivity contribution in [3.8, 4) is 5.75 Å². The van der Waals surface area contributed by atoms with Crippen LogP contribution >= 0.6 is 12.4 Å². The summed E-state index contributed by atoms with van der Waals surface area (Å²) in [5.74, 6) is -2.50. The van der Waals surface area contributed by atoms with Gasteiger partial charge in [0.2, 0.25) is 6.17 Å². The number of nitrogens with two attached hydrogens (primary N) is 2. The first-order chi connectivity index (χ1) is 8.38. The van der Waals surface area contributed by atoms with Gasteiger partial charge >= 0.3 is 5.97 Å². The normalized spacial score (nSPS) is 13.3. The van der Waals surface area contributed by atoms with E-state index >= 15 is 0 Å². The molecule has 0 aliphatic carbocycles. The quantitative estimate of drug-likeness (QED) is 0.443. The monoisotopic (exact) mass is 296 g/mol. The van der Waals surface area contributed by atoms with E-state index in [-0.39, 0.29) is 30.3 Å². The van der Waals surface area contributed by atoms with E-state index < -0.39 is 29.7 Å². The molecule has 1 aromatic carbocycles. The standard InChI is InChI=1S/C11H14F2N2O3.ClH/c1-2-18-11(17)8(13)9(15)6-3-5(12)4-7(14)10(6)16;/h3-4,8-9,16H,2,14-15H2,1H3;1H/t8?,9-;/m1./s1. The van der Waals surface area contributed by atoms with E-state index in [1.807, 2.05) is 0 Å². The highest BCUT2D eigenvalue weighted by Gasteiger charge is 2.30. The molecule has 0 aliphatic heterocycles. The number of hydrogen-bond donors (Lipinski definition) is 3. The molecule has 19 heavy (non-hydrogen) atoms. The van der Waals surface area contributed by atoms with Gasteiger partial charge in [0.05, 0.1) is 18.3 Å². The van der Waals surface area contributed by atoms with E-state index in [9.17, 15) is 18.7 Å². The van der Waals surface area contributed by atoms with Crippen LogP contribution in [0.2, 0.25) is 0 Å². The summed E-state index contributed by atoms with van der Waals surface area (Å²) in [4.78, 5) is 11.2. The van der Waals surface area contributed by atoms with Crippen LogP contribution in [0, 0.1) is 5.82 Å². The minimum absolute atomic E-state index is 0. The Morgan fingerprint density at radius 3 is 2.63 bits per heavy atom. The van der Waals surface area contributed by atoms with Crippen LogP contribution in [0.15, 0.2) is 12.1 Å². The first-order valence-corrected chi connectivity index (χ1v) is 5.22. The van der Waals surface area contributed by atoms with Gasteiger partial charge < -0.3 is 21.3 Å². The van der Waals surface area contributed by atoms with Crippen LogP contribution in [0.5, 0.6) is 5.75 Å². The Morgan fingerprint density at radius 1 is 1.53 bits per heavy atom. The fourth-order valence-electron chi connectivity index (χ4n) is 1.42. The maximum Gasteiger partial charge on any atom is 0.342 e. The number of carbonyl (C=O) groups is 1. The Labute approximate surface area is 114 Å². The number of alkyl halides is 1. The number of halogens is 3. The van der Waals surface area contributed by atoms with Crippen molar-refractivity contribution >= 4 is 24.1 Å². The van der Waals surface area contributed by atoms with Crippen molar-refractivity contribution in [3.05, 3.63) is 23.5 Å². The maximum atomic E-state index is 13.6. The van der Waals surface area contributed by atoms with Gasteiger partial charge in [0.1, 0.15) is 11.6 Å². The number of hydrogen-bond acceptors (Lipinski definition) is 5. The lowest BCUT2D eigenvalue weighted by atomic mass is 10.0.